The van der Waals surface area contributed by atoms with Crippen molar-refractivity contribution >= 4 is 66.7 Å². The first-order valence-electron chi connectivity index (χ1n) is 10.8. The van der Waals surface area contributed by atoms with E-state index in [1.807, 2.05) is 21.1 Å². The molecule has 0 atom stereocenters. The van der Waals surface area contributed by atoms with Gasteiger partial charge in [-0.25, -0.2) is 5.43 Å². The van der Waals surface area contributed by atoms with Gasteiger partial charge in [0.25, 0.3) is 5.91 Å². The van der Waals surface area contributed by atoms with Crippen LogP contribution in [-0.4, -0.2) is 73.6 Å². The molecular formula is C24H26Br3N4O8+. The van der Waals surface area contributed by atoms with Crippen molar-refractivity contribution in [3.8, 4) is 45.4 Å². The molecule has 0 bridgehead atoms. The Hall–Kier alpha value is -3.14. The molecule has 3 N–H and O–H groups in total. The lowest BCUT2D eigenvalue weighted by molar-refractivity contribution is -0.862. The van der Waals surface area contributed by atoms with E-state index in [1.54, 1.807) is 0 Å². The molecule has 0 fully saturated rings. The highest BCUT2D eigenvalue weighted by Crippen LogP contribution is 2.49. The van der Waals surface area contributed by atoms with Crippen LogP contribution >= 0.6 is 48.8 Å². The number of quaternary nitrogens is 1. The number of rotatable bonds is 9. The van der Waals surface area contributed by atoms with E-state index in [1.165, 1.54) is 38.5 Å². The van der Waals surface area contributed by atoms with Gasteiger partial charge >= 0.3 is 5.69 Å². The molecule has 0 saturated heterocycles. The van der Waals surface area contributed by atoms with Gasteiger partial charge in [0.2, 0.25) is 5.76 Å². The highest BCUT2D eigenvalue weighted by Gasteiger charge is 2.32. The van der Waals surface area contributed by atoms with E-state index in [-0.39, 0.29) is 78.1 Å². The number of nitrogens with zero attached hydrogens (tertiary/aromatic N) is 3. The summed E-state index contributed by atoms with van der Waals surface area (Å²) in [5.74, 6) is -0.835. The third kappa shape index (κ3) is 7.29. The number of furan rings is 1. The van der Waals surface area contributed by atoms with Gasteiger partial charge in [0.05, 0.1) is 55.4 Å². The van der Waals surface area contributed by atoms with Crippen LogP contribution in [0.5, 0.6) is 23.0 Å². The van der Waals surface area contributed by atoms with Crippen LogP contribution in [0.15, 0.2) is 42.7 Å². The Labute approximate surface area is 251 Å². The minimum absolute atomic E-state index is 0. The van der Waals surface area contributed by atoms with E-state index < -0.39 is 16.5 Å². The van der Waals surface area contributed by atoms with Crippen LogP contribution in [0.2, 0.25) is 0 Å². The van der Waals surface area contributed by atoms with Crippen LogP contribution in [0.1, 0.15) is 5.76 Å². The van der Waals surface area contributed by atoms with Crippen molar-refractivity contribution in [1.29, 1.82) is 0 Å². The van der Waals surface area contributed by atoms with Gasteiger partial charge in [-0.05, 0) is 61.7 Å². The SMILES string of the molecule is Br.COc1cc(-c2oc(/C=N/NC(=O)C[N+](C)(C)C)c([N+](=O)[O-])c2-c2cc(Br)c(O)c(OC)c2)cc(Br)c1O. The van der Waals surface area contributed by atoms with E-state index in [0.717, 1.165) is 6.21 Å². The number of hydrazone groups is 1. The number of carbonyl (C=O) groups is 1. The third-order valence-electron chi connectivity index (χ3n) is 5.13. The highest BCUT2D eigenvalue weighted by atomic mass is 79.9. The molecule has 1 aromatic heterocycles. The van der Waals surface area contributed by atoms with Gasteiger partial charge in [-0.3, -0.25) is 14.9 Å². The Kier molecular flexibility index (Phi) is 10.5. The number of phenolic OH excluding ortho intramolecular Hbond substituents is 2. The number of amides is 1. The second-order valence-electron chi connectivity index (χ2n) is 9.04. The number of hydrogen-bond acceptors (Lipinski definition) is 9. The maximum absolute atomic E-state index is 12.3. The molecule has 2 aromatic carbocycles. The van der Waals surface area contributed by atoms with Crippen molar-refractivity contribution in [3.05, 3.63) is 49.1 Å². The number of hydrogen-bond donors (Lipinski definition) is 3. The monoisotopic (exact) mass is 735 g/mol. The van der Waals surface area contributed by atoms with Gasteiger partial charge in [-0.1, -0.05) is 0 Å². The summed E-state index contributed by atoms with van der Waals surface area (Å²) in [6.45, 7) is 0.122. The number of aromatic hydroxyl groups is 2. The summed E-state index contributed by atoms with van der Waals surface area (Å²) in [5.41, 5.74) is 2.52. The van der Waals surface area contributed by atoms with Crippen LogP contribution in [0.3, 0.4) is 0 Å². The maximum Gasteiger partial charge on any atom is 0.324 e. The second-order valence-corrected chi connectivity index (χ2v) is 10.7. The van der Waals surface area contributed by atoms with Gasteiger partial charge in [0, 0.05) is 5.56 Å². The summed E-state index contributed by atoms with van der Waals surface area (Å²) in [6.07, 6.45) is 1.04. The zero-order valence-electron chi connectivity index (χ0n) is 21.4. The quantitative estimate of drug-likeness (QED) is 0.117. The molecule has 1 amide bonds. The van der Waals surface area contributed by atoms with Crippen molar-refractivity contribution in [2.24, 2.45) is 5.10 Å². The minimum Gasteiger partial charge on any atom is -0.503 e. The lowest BCUT2D eigenvalue weighted by Gasteiger charge is -2.21. The largest absolute Gasteiger partial charge is 0.503 e. The predicted molar refractivity (Wildman–Crippen MR) is 157 cm³/mol. The van der Waals surface area contributed by atoms with Crippen molar-refractivity contribution in [3.63, 3.8) is 0 Å². The molecule has 0 aliphatic carbocycles. The molecule has 12 nitrogen and oxygen atoms in total. The van der Waals surface area contributed by atoms with Crippen molar-refractivity contribution in [1.82, 2.24) is 5.43 Å². The van der Waals surface area contributed by atoms with Gasteiger partial charge in [0.15, 0.2) is 29.5 Å². The molecule has 0 saturated carbocycles. The zero-order valence-corrected chi connectivity index (χ0v) is 26.3. The molecule has 3 aromatic rings. The van der Waals surface area contributed by atoms with E-state index in [4.69, 9.17) is 13.9 Å². The number of nitro groups is 1. The van der Waals surface area contributed by atoms with Crippen LogP contribution in [0, 0.1) is 10.1 Å². The first kappa shape index (κ1) is 32.1. The Morgan fingerprint density at radius 1 is 1.08 bits per heavy atom. The molecule has 0 spiro atoms. The molecule has 39 heavy (non-hydrogen) atoms. The standard InChI is InChI=1S/C24H24Br2N4O8.BrH/c1-30(2,3)11-19(31)28-27-10-18-21(29(34)35)20(12-6-14(25)22(32)16(8-12)36-4)24(38-18)13-7-15(26)23(33)17(9-13)37-5;/h6-10H,11H2,1-5H3,(H2-,27,28,31,32,33);1H/p+1. The van der Waals surface area contributed by atoms with Crippen LogP contribution in [0.25, 0.3) is 22.5 Å². The van der Waals surface area contributed by atoms with Gasteiger partial charge in [-0.2, -0.15) is 5.10 Å². The van der Waals surface area contributed by atoms with E-state index in [9.17, 15) is 25.1 Å². The smallest absolute Gasteiger partial charge is 0.324 e. The van der Waals surface area contributed by atoms with Crippen molar-refractivity contribution in [2.45, 2.75) is 0 Å². The molecule has 0 aliphatic heterocycles. The third-order valence-corrected chi connectivity index (χ3v) is 6.34. The highest BCUT2D eigenvalue weighted by molar-refractivity contribution is 9.11. The summed E-state index contributed by atoms with van der Waals surface area (Å²) >= 11 is 6.50. The molecule has 3 rings (SSSR count). The van der Waals surface area contributed by atoms with Crippen LogP contribution < -0.4 is 14.9 Å². The summed E-state index contributed by atoms with van der Waals surface area (Å²) in [6, 6.07) is 5.83. The number of nitrogens with one attached hydrogen (secondary N) is 1. The zero-order chi connectivity index (χ0) is 28.4. The summed E-state index contributed by atoms with van der Waals surface area (Å²) in [7, 11) is 8.18. The van der Waals surface area contributed by atoms with E-state index in [0.29, 0.717) is 10.0 Å². The topological polar surface area (TPSA) is 157 Å². The lowest BCUT2D eigenvalue weighted by atomic mass is 9.99. The van der Waals surface area contributed by atoms with Gasteiger partial charge in [0.1, 0.15) is 11.3 Å². The summed E-state index contributed by atoms with van der Waals surface area (Å²) in [4.78, 5) is 23.9. The number of phenols is 2. The van der Waals surface area contributed by atoms with Crippen LogP contribution in [-0.2, 0) is 4.79 Å². The molecule has 15 heteroatoms. The van der Waals surface area contributed by atoms with Crippen molar-refractivity contribution in [2.75, 3.05) is 41.9 Å². The number of halogens is 3. The number of ether oxygens (including phenoxy) is 2. The Morgan fingerprint density at radius 3 is 2.08 bits per heavy atom. The fraction of sp³-hybridized carbons (Fsp3) is 0.250. The molecule has 0 radical (unpaired) electrons. The lowest BCUT2D eigenvalue weighted by Crippen LogP contribution is -2.43. The van der Waals surface area contributed by atoms with E-state index in [2.05, 4.69) is 42.4 Å². The van der Waals surface area contributed by atoms with Crippen molar-refractivity contribution < 1.29 is 38.3 Å². The number of benzene rings is 2. The Bertz CT molecular complexity index is 1430. The molecular weight excluding hydrogens is 712 g/mol. The Balaban J connectivity index is 0.00000533. The van der Waals surface area contributed by atoms with Gasteiger partial charge < -0.3 is 28.6 Å². The first-order valence-corrected chi connectivity index (χ1v) is 12.4. The minimum atomic E-state index is -0.641. The van der Waals surface area contributed by atoms with Gasteiger partial charge in [-0.15, -0.1) is 17.0 Å². The normalized spacial score (nSPS) is 11.3. The summed E-state index contributed by atoms with van der Waals surface area (Å²) < 4.78 is 17.2. The van der Waals surface area contributed by atoms with E-state index >= 15 is 0 Å². The number of likely N-dealkylation sites (N-methyl/N-ethyl adjacent to an activating group) is 1. The Morgan fingerprint density at radius 2 is 1.59 bits per heavy atom. The number of carbonyl (C=O) groups excluding carboxylic acids is 1. The molecule has 0 aliphatic rings. The second kappa shape index (κ2) is 12.8. The fourth-order valence-electron chi connectivity index (χ4n) is 3.54. The average Bonchev–Trinajstić information content (AvgIpc) is 3.21. The summed E-state index contributed by atoms with van der Waals surface area (Å²) in [5, 5.41) is 36.7. The molecule has 1 heterocycles. The maximum atomic E-state index is 12.3. The molecule has 210 valence electrons. The number of methoxy groups -OCH3 is 2. The first-order chi connectivity index (χ1) is 17.8. The average molecular weight is 738 g/mol. The predicted octanol–water partition coefficient (Wildman–Crippen LogP) is 5.21. The van der Waals surface area contributed by atoms with Crippen LogP contribution in [0.4, 0.5) is 5.69 Å². The molecule has 0 unspecified atom stereocenters. The fourth-order valence-corrected chi connectivity index (χ4v) is 4.43.